The van der Waals surface area contributed by atoms with Gasteiger partial charge < -0.3 is 9.64 Å². The lowest BCUT2D eigenvalue weighted by molar-refractivity contribution is -0.143. The van der Waals surface area contributed by atoms with Gasteiger partial charge in [0, 0.05) is 11.9 Å². The summed E-state index contributed by atoms with van der Waals surface area (Å²) in [6.45, 7) is 2.68. The van der Waals surface area contributed by atoms with Crippen LogP contribution in [-0.2, 0) is 9.53 Å². The second kappa shape index (κ2) is 7.23. The Bertz CT molecular complexity index is 677. The zero-order chi connectivity index (χ0) is 16.2. The molecule has 5 nitrogen and oxygen atoms in total. The minimum absolute atomic E-state index is 0.00493. The van der Waals surface area contributed by atoms with Gasteiger partial charge in [-0.25, -0.2) is 4.98 Å². The van der Waals surface area contributed by atoms with Crippen LogP contribution in [0.4, 0.5) is 0 Å². The summed E-state index contributed by atoms with van der Waals surface area (Å²) in [5, 5.41) is 4.59. The Balaban J connectivity index is 1.72. The van der Waals surface area contributed by atoms with Crippen LogP contribution in [0.25, 0.3) is 9.88 Å². The fourth-order valence-electron chi connectivity index (χ4n) is 2.24. The summed E-state index contributed by atoms with van der Waals surface area (Å²) in [4.78, 5) is 31.5. The van der Waals surface area contributed by atoms with E-state index in [1.54, 1.807) is 28.5 Å². The average Bonchev–Trinajstić information content (AvgIpc) is 3.03. The van der Waals surface area contributed by atoms with Crippen molar-refractivity contribution in [2.45, 2.75) is 19.8 Å². The van der Waals surface area contributed by atoms with Crippen LogP contribution in [0, 0.1) is 5.92 Å². The standard InChI is InChI=1S/C16H18N2O3S2/c1-2-21-14(19)9-18(8-11-5-6-11)16(20)12-10-23-15(17-12)13-4-3-7-22-13/h3-4,7,10-11H,2,5-6,8-9H2,1H3. The predicted molar refractivity (Wildman–Crippen MR) is 90.7 cm³/mol. The second-order valence-corrected chi connectivity index (χ2v) is 7.26. The number of thiophene rings is 1. The second-order valence-electron chi connectivity index (χ2n) is 5.45. The van der Waals surface area contributed by atoms with Gasteiger partial charge in [0.15, 0.2) is 0 Å². The highest BCUT2D eigenvalue weighted by molar-refractivity contribution is 7.20. The molecule has 1 aliphatic rings. The van der Waals surface area contributed by atoms with Gasteiger partial charge in [-0.1, -0.05) is 6.07 Å². The zero-order valence-corrected chi connectivity index (χ0v) is 14.5. The van der Waals surface area contributed by atoms with Crippen LogP contribution in [0.1, 0.15) is 30.3 Å². The summed E-state index contributed by atoms with van der Waals surface area (Å²) < 4.78 is 4.98. The van der Waals surface area contributed by atoms with E-state index in [9.17, 15) is 9.59 Å². The number of nitrogens with zero attached hydrogens (tertiary/aromatic N) is 2. The number of amides is 1. The molecule has 2 aromatic heterocycles. The number of carbonyl (C=O) groups excluding carboxylic acids is 2. The Labute approximate surface area is 142 Å². The lowest BCUT2D eigenvalue weighted by atomic mass is 10.3. The molecular weight excluding hydrogens is 332 g/mol. The Kier molecular flexibility index (Phi) is 5.07. The molecule has 0 aliphatic heterocycles. The van der Waals surface area contributed by atoms with Gasteiger partial charge in [0.1, 0.15) is 17.2 Å². The van der Waals surface area contributed by atoms with Crippen molar-refractivity contribution in [2.24, 2.45) is 5.92 Å². The maximum Gasteiger partial charge on any atom is 0.325 e. The van der Waals surface area contributed by atoms with E-state index >= 15 is 0 Å². The topological polar surface area (TPSA) is 59.5 Å². The van der Waals surface area contributed by atoms with Crippen molar-refractivity contribution < 1.29 is 14.3 Å². The van der Waals surface area contributed by atoms with Crippen molar-refractivity contribution >= 4 is 34.6 Å². The monoisotopic (exact) mass is 350 g/mol. The summed E-state index contributed by atoms with van der Waals surface area (Å²) in [6.07, 6.45) is 2.23. The summed E-state index contributed by atoms with van der Waals surface area (Å²) in [6, 6.07) is 3.95. The van der Waals surface area contributed by atoms with Gasteiger partial charge in [-0.05, 0) is 37.1 Å². The van der Waals surface area contributed by atoms with Gasteiger partial charge in [-0.2, -0.15) is 0 Å². The van der Waals surface area contributed by atoms with E-state index in [1.165, 1.54) is 11.3 Å². The molecule has 7 heteroatoms. The van der Waals surface area contributed by atoms with Crippen molar-refractivity contribution in [1.29, 1.82) is 0 Å². The number of hydrogen-bond donors (Lipinski definition) is 0. The van der Waals surface area contributed by atoms with Gasteiger partial charge in [-0.3, -0.25) is 9.59 Å². The molecule has 2 aromatic rings. The summed E-state index contributed by atoms with van der Waals surface area (Å²) >= 11 is 3.05. The van der Waals surface area contributed by atoms with Crippen LogP contribution in [0.5, 0.6) is 0 Å². The fraction of sp³-hybridized carbons (Fsp3) is 0.438. The fourth-order valence-corrected chi connectivity index (χ4v) is 3.85. The third-order valence-electron chi connectivity index (χ3n) is 3.54. The first-order valence-electron chi connectivity index (χ1n) is 7.61. The van der Waals surface area contributed by atoms with E-state index < -0.39 is 0 Å². The lowest BCUT2D eigenvalue weighted by Gasteiger charge is -2.20. The minimum atomic E-state index is -0.366. The Morgan fingerprint density at radius 2 is 2.22 bits per heavy atom. The smallest absolute Gasteiger partial charge is 0.325 e. The summed E-state index contributed by atoms with van der Waals surface area (Å²) in [7, 11) is 0. The van der Waals surface area contributed by atoms with Crippen molar-refractivity contribution in [3.8, 4) is 9.88 Å². The number of thiazole rings is 1. The van der Waals surface area contributed by atoms with Crippen molar-refractivity contribution in [1.82, 2.24) is 9.88 Å². The molecule has 0 N–H and O–H groups in total. The molecule has 1 saturated carbocycles. The van der Waals surface area contributed by atoms with E-state index in [1.807, 2.05) is 17.5 Å². The highest BCUT2D eigenvalue weighted by Crippen LogP contribution is 2.31. The number of rotatable bonds is 7. The molecule has 1 fully saturated rings. The van der Waals surface area contributed by atoms with E-state index in [4.69, 9.17) is 4.74 Å². The quantitative estimate of drug-likeness (QED) is 0.719. The Morgan fingerprint density at radius 3 is 2.87 bits per heavy atom. The van der Waals surface area contributed by atoms with Crippen LogP contribution in [0.3, 0.4) is 0 Å². The zero-order valence-electron chi connectivity index (χ0n) is 12.9. The lowest BCUT2D eigenvalue weighted by Crippen LogP contribution is -2.38. The number of ether oxygens (including phenoxy) is 1. The molecule has 1 aliphatic carbocycles. The molecule has 0 atom stereocenters. The molecule has 0 saturated heterocycles. The normalized spacial score (nSPS) is 13.8. The molecule has 23 heavy (non-hydrogen) atoms. The largest absolute Gasteiger partial charge is 0.465 e. The van der Waals surface area contributed by atoms with Gasteiger partial charge in [0.2, 0.25) is 0 Å². The molecule has 3 rings (SSSR count). The molecule has 0 bridgehead atoms. The molecule has 1 amide bonds. The average molecular weight is 350 g/mol. The van der Waals surface area contributed by atoms with Gasteiger partial charge >= 0.3 is 5.97 Å². The van der Waals surface area contributed by atoms with Gasteiger partial charge in [0.05, 0.1) is 11.5 Å². The summed E-state index contributed by atoms with van der Waals surface area (Å²) in [5.41, 5.74) is 0.406. The van der Waals surface area contributed by atoms with E-state index in [0.717, 1.165) is 22.7 Å². The Hall–Kier alpha value is -1.73. The number of carbonyl (C=O) groups is 2. The van der Waals surface area contributed by atoms with Crippen LogP contribution in [0.15, 0.2) is 22.9 Å². The van der Waals surface area contributed by atoms with Crippen molar-refractivity contribution in [3.63, 3.8) is 0 Å². The molecule has 0 radical (unpaired) electrons. The van der Waals surface area contributed by atoms with Crippen molar-refractivity contribution in [2.75, 3.05) is 19.7 Å². The van der Waals surface area contributed by atoms with Crippen LogP contribution < -0.4 is 0 Å². The maximum absolute atomic E-state index is 12.7. The molecule has 0 unspecified atom stereocenters. The summed E-state index contributed by atoms with van der Waals surface area (Å²) in [5.74, 6) is -0.0528. The van der Waals surface area contributed by atoms with E-state index in [0.29, 0.717) is 24.8 Å². The first-order chi connectivity index (χ1) is 11.2. The molecule has 2 heterocycles. The minimum Gasteiger partial charge on any atom is -0.465 e. The van der Waals surface area contributed by atoms with E-state index in [2.05, 4.69) is 4.98 Å². The number of esters is 1. The van der Waals surface area contributed by atoms with E-state index in [-0.39, 0.29) is 18.4 Å². The van der Waals surface area contributed by atoms with Crippen LogP contribution >= 0.6 is 22.7 Å². The van der Waals surface area contributed by atoms with Crippen LogP contribution in [-0.4, -0.2) is 41.5 Å². The SMILES string of the molecule is CCOC(=O)CN(CC1CC1)C(=O)c1csc(-c2cccs2)n1. The first-order valence-corrected chi connectivity index (χ1v) is 9.37. The number of aromatic nitrogens is 1. The third kappa shape index (κ3) is 4.17. The first kappa shape index (κ1) is 16.1. The highest BCUT2D eigenvalue weighted by Gasteiger charge is 2.29. The van der Waals surface area contributed by atoms with Gasteiger partial charge in [0.25, 0.3) is 5.91 Å². The number of hydrogen-bond acceptors (Lipinski definition) is 6. The third-order valence-corrected chi connectivity index (χ3v) is 5.42. The molecule has 0 spiro atoms. The van der Waals surface area contributed by atoms with Gasteiger partial charge in [-0.15, -0.1) is 22.7 Å². The van der Waals surface area contributed by atoms with Crippen molar-refractivity contribution in [3.05, 3.63) is 28.6 Å². The Morgan fingerprint density at radius 1 is 1.39 bits per heavy atom. The molecular formula is C16H18N2O3S2. The van der Waals surface area contributed by atoms with Crippen LogP contribution in [0.2, 0.25) is 0 Å². The highest BCUT2D eigenvalue weighted by atomic mass is 32.1. The molecule has 0 aromatic carbocycles. The molecule has 122 valence electrons. The predicted octanol–water partition coefficient (Wildman–Crippen LogP) is 3.29. The maximum atomic E-state index is 12.7.